The number of thioether (sulfide) groups is 1. The van der Waals surface area contributed by atoms with Gasteiger partial charge in [0.05, 0.1) is 12.1 Å². The molecule has 0 aromatic carbocycles. The van der Waals surface area contributed by atoms with Crippen LogP contribution in [0.4, 0.5) is 0 Å². The highest BCUT2D eigenvalue weighted by Gasteiger charge is 2.28. The van der Waals surface area contributed by atoms with Gasteiger partial charge in [0.15, 0.2) is 5.69 Å². The Bertz CT molecular complexity index is 444. The second kappa shape index (κ2) is 4.89. The van der Waals surface area contributed by atoms with Crippen LogP contribution in [0.15, 0.2) is 10.7 Å². The van der Waals surface area contributed by atoms with Gasteiger partial charge in [0.2, 0.25) is 11.0 Å². The third kappa shape index (κ3) is 2.67. The first-order chi connectivity index (χ1) is 8.08. The molecule has 3 N–H and O–H groups in total. The summed E-state index contributed by atoms with van der Waals surface area (Å²) in [6.07, 6.45) is 1.91. The second-order valence-corrected chi connectivity index (χ2v) is 4.94. The number of nitrogens with zero attached hydrogens (tertiary/aromatic N) is 1. The maximum atomic E-state index is 11.7. The van der Waals surface area contributed by atoms with E-state index in [2.05, 4.69) is 10.3 Å². The predicted molar refractivity (Wildman–Crippen MR) is 62.4 cm³/mol. The van der Waals surface area contributed by atoms with E-state index in [4.69, 9.17) is 10.2 Å². The molecule has 2 atom stereocenters. The first kappa shape index (κ1) is 12.1. The maximum Gasteiger partial charge on any atom is 0.273 e. The minimum Gasteiger partial charge on any atom is -0.446 e. The molecule has 0 spiro atoms. The van der Waals surface area contributed by atoms with Gasteiger partial charge in [-0.1, -0.05) is 11.8 Å². The number of oxazole rings is 1. The molecule has 1 aromatic heterocycles. The van der Waals surface area contributed by atoms with Crippen LogP contribution in [0.25, 0.3) is 0 Å². The number of aromatic nitrogens is 1. The fourth-order valence-corrected chi connectivity index (χ4v) is 2.39. The summed E-state index contributed by atoms with van der Waals surface area (Å²) in [6, 6.07) is -0.775. The Morgan fingerprint density at radius 1 is 1.76 bits per heavy atom. The molecule has 6 nitrogen and oxygen atoms in total. The van der Waals surface area contributed by atoms with Crippen molar-refractivity contribution in [3.8, 4) is 0 Å². The van der Waals surface area contributed by atoms with Crippen molar-refractivity contribution in [2.24, 2.45) is 5.73 Å². The lowest BCUT2D eigenvalue weighted by Crippen LogP contribution is -2.37. The van der Waals surface area contributed by atoms with Crippen LogP contribution in [0.5, 0.6) is 0 Å². The first-order valence-corrected chi connectivity index (χ1v) is 6.25. The van der Waals surface area contributed by atoms with Gasteiger partial charge in [-0.25, -0.2) is 4.98 Å². The van der Waals surface area contributed by atoms with Gasteiger partial charge < -0.3 is 15.5 Å². The highest BCUT2D eigenvalue weighted by atomic mass is 32.2. The molecule has 0 aliphatic carbocycles. The van der Waals surface area contributed by atoms with Crippen LogP contribution >= 0.6 is 11.8 Å². The summed E-state index contributed by atoms with van der Waals surface area (Å²) in [6.45, 7) is 1.71. The fourth-order valence-electron chi connectivity index (χ4n) is 1.46. The Morgan fingerprint density at radius 3 is 3.06 bits per heavy atom. The van der Waals surface area contributed by atoms with E-state index in [1.54, 1.807) is 6.92 Å². The van der Waals surface area contributed by atoms with Gasteiger partial charge in [-0.05, 0) is 13.3 Å². The molecule has 1 saturated heterocycles. The standard InChI is InChI=1S/C10H13N3O3S/c1-5(11)9-13-7(4-16-9)8(14)12-6-2-3-17-10(6)15/h4-6H,2-3,11H2,1H3,(H,12,14). The molecule has 1 aliphatic heterocycles. The topological polar surface area (TPSA) is 98.2 Å². The summed E-state index contributed by atoms with van der Waals surface area (Å²) in [5, 5.41) is 2.62. The average Bonchev–Trinajstić information content (AvgIpc) is 2.88. The summed E-state index contributed by atoms with van der Waals surface area (Å²) in [4.78, 5) is 27.0. The van der Waals surface area contributed by atoms with Gasteiger partial charge in [-0.2, -0.15) is 0 Å². The molecule has 92 valence electrons. The second-order valence-electron chi connectivity index (χ2n) is 3.84. The van der Waals surface area contributed by atoms with E-state index < -0.39 is 11.9 Å². The Hall–Kier alpha value is -1.34. The largest absolute Gasteiger partial charge is 0.446 e. The van der Waals surface area contributed by atoms with Gasteiger partial charge in [-0.3, -0.25) is 9.59 Å². The normalized spacial score (nSPS) is 21.5. The Morgan fingerprint density at radius 2 is 2.53 bits per heavy atom. The molecule has 1 aliphatic rings. The van der Waals surface area contributed by atoms with Gasteiger partial charge in [0.25, 0.3) is 5.91 Å². The van der Waals surface area contributed by atoms with Crippen LogP contribution < -0.4 is 11.1 Å². The fraction of sp³-hybridized carbons (Fsp3) is 0.500. The van der Waals surface area contributed by atoms with Crippen LogP contribution in [0.1, 0.15) is 35.8 Å². The average molecular weight is 255 g/mol. The minimum atomic E-state index is -0.414. The van der Waals surface area contributed by atoms with Crippen LogP contribution in [0, 0.1) is 0 Å². The van der Waals surface area contributed by atoms with Crippen molar-refractivity contribution in [2.45, 2.75) is 25.4 Å². The molecule has 2 unspecified atom stereocenters. The van der Waals surface area contributed by atoms with Gasteiger partial charge >= 0.3 is 0 Å². The maximum absolute atomic E-state index is 11.7. The first-order valence-electron chi connectivity index (χ1n) is 5.26. The van der Waals surface area contributed by atoms with Crippen molar-refractivity contribution in [1.82, 2.24) is 10.3 Å². The van der Waals surface area contributed by atoms with Crippen molar-refractivity contribution < 1.29 is 14.0 Å². The summed E-state index contributed by atoms with van der Waals surface area (Å²) >= 11 is 1.24. The zero-order valence-corrected chi connectivity index (χ0v) is 10.1. The highest BCUT2D eigenvalue weighted by Crippen LogP contribution is 2.19. The zero-order valence-electron chi connectivity index (χ0n) is 9.30. The molecule has 0 saturated carbocycles. The SMILES string of the molecule is CC(N)c1nc(C(=O)NC2CCSC2=O)co1. The number of rotatable bonds is 3. The Balaban J connectivity index is 2.01. The van der Waals surface area contributed by atoms with Crippen molar-refractivity contribution in [3.63, 3.8) is 0 Å². The Labute approximate surface area is 102 Å². The van der Waals surface area contributed by atoms with Crippen LogP contribution in [0.2, 0.25) is 0 Å². The third-order valence-corrected chi connectivity index (χ3v) is 3.39. The number of nitrogens with one attached hydrogen (secondary N) is 1. The number of hydrogen-bond acceptors (Lipinski definition) is 6. The molecule has 0 bridgehead atoms. The summed E-state index contributed by atoms with van der Waals surface area (Å²) < 4.78 is 5.05. The van der Waals surface area contributed by atoms with E-state index >= 15 is 0 Å². The lowest BCUT2D eigenvalue weighted by molar-refractivity contribution is -0.112. The van der Waals surface area contributed by atoms with Crippen molar-refractivity contribution in [1.29, 1.82) is 0 Å². The zero-order chi connectivity index (χ0) is 12.4. The van der Waals surface area contributed by atoms with E-state index in [-0.39, 0.29) is 16.9 Å². The minimum absolute atomic E-state index is 0.00531. The molecule has 7 heteroatoms. The van der Waals surface area contributed by atoms with Crippen LogP contribution in [-0.2, 0) is 4.79 Å². The molecular weight excluding hydrogens is 242 g/mol. The Kier molecular flexibility index (Phi) is 3.49. The van der Waals surface area contributed by atoms with Crippen molar-refractivity contribution >= 4 is 22.8 Å². The number of nitrogens with two attached hydrogens (primary N) is 1. The third-order valence-electron chi connectivity index (χ3n) is 2.38. The number of amides is 1. The van der Waals surface area contributed by atoms with E-state index in [0.29, 0.717) is 12.3 Å². The number of hydrogen-bond donors (Lipinski definition) is 2. The highest BCUT2D eigenvalue weighted by molar-refractivity contribution is 8.14. The van der Waals surface area contributed by atoms with E-state index in [9.17, 15) is 9.59 Å². The van der Waals surface area contributed by atoms with Crippen molar-refractivity contribution in [2.75, 3.05) is 5.75 Å². The molecule has 17 heavy (non-hydrogen) atoms. The van der Waals surface area contributed by atoms with E-state index in [0.717, 1.165) is 5.75 Å². The van der Waals surface area contributed by atoms with Crippen LogP contribution in [0.3, 0.4) is 0 Å². The van der Waals surface area contributed by atoms with E-state index in [1.165, 1.54) is 18.0 Å². The lowest BCUT2D eigenvalue weighted by Gasteiger charge is -2.07. The molecule has 1 fully saturated rings. The molecular formula is C10H13N3O3S. The van der Waals surface area contributed by atoms with Crippen molar-refractivity contribution in [3.05, 3.63) is 17.8 Å². The lowest BCUT2D eigenvalue weighted by atomic mass is 10.2. The molecule has 0 radical (unpaired) electrons. The molecule has 2 heterocycles. The van der Waals surface area contributed by atoms with E-state index in [1.807, 2.05) is 0 Å². The smallest absolute Gasteiger partial charge is 0.273 e. The van der Waals surface area contributed by atoms with Gasteiger partial charge in [0.1, 0.15) is 6.26 Å². The monoisotopic (exact) mass is 255 g/mol. The number of carbonyl (C=O) groups excluding carboxylic acids is 2. The van der Waals surface area contributed by atoms with Crippen LogP contribution in [-0.4, -0.2) is 27.8 Å². The molecule has 2 rings (SSSR count). The quantitative estimate of drug-likeness (QED) is 0.814. The number of carbonyl (C=O) groups is 2. The van der Waals surface area contributed by atoms with Gasteiger partial charge in [-0.15, -0.1) is 0 Å². The molecule has 1 aromatic rings. The summed E-state index contributed by atoms with van der Waals surface area (Å²) in [5.74, 6) is 0.650. The predicted octanol–water partition coefficient (Wildman–Crippen LogP) is 0.456. The summed E-state index contributed by atoms with van der Waals surface area (Å²) in [5.41, 5.74) is 5.72. The summed E-state index contributed by atoms with van der Waals surface area (Å²) in [7, 11) is 0. The molecule has 1 amide bonds. The van der Waals surface area contributed by atoms with Gasteiger partial charge in [0, 0.05) is 5.75 Å².